The Kier molecular flexibility index (Phi) is 8.32. The summed E-state index contributed by atoms with van der Waals surface area (Å²) in [5.41, 5.74) is 1.15. The van der Waals surface area contributed by atoms with Gasteiger partial charge in [-0.1, -0.05) is 26.0 Å². The SMILES string of the molecule is CCNC(=NCc1cccc(OC)c1)NCCCC(C)C. The molecule has 0 aliphatic heterocycles. The summed E-state index contributed by atoms with van der Waals surface area (Å²) in [6.45, 7) is 9.06. The van der Waals surface area contributed by atoms with E-state index in [-0.39, 0.29) is 0 Å². The Labute approximate surface area is 129 Å². The minimum atomic E-state index is 0.650. The number of rotatable bonds is 8. The Morgan fingerprint density at radius 1 is 1.29 bits per heavy atom. The maximum Gasteiger partial charge on any atom is 0.191 e. The molecule has 4 heteroatoms. The third-order valence-electron chi connectivity index (χ3n) is 3.15. The molecule has 4 nitrogen and oxygen atoms in total. The Morgan fingerprint density at radius 3 is 2.76 bits per heavy atom. The highest BCUT2D eigenvalue weighted by atomic mass is 16.5. The first-order valence-corrected chi connectivity index (χ1v) is 7.80. The first-order valence-electron chi connectivity index (χ1n) is 7.80. The van der Waals surface area contributed by atoms with Crippen LogP contribution in [-0.4, -0.2) is 26.2 Å². The number of guanidine groups is 1. The molecule has 0 saturated carbocycles. The second kappa shape index (κ2) is 10.1. The maximum absolute atomic E-state index is 5.23. The molecule has 0 aromatic heterocycles. The lowest BCUT2D eigenvalue weighted by atomic mass is 10.1. The average molecular weight is 291 g/mol. The molecule has 0 spiro atoms. The van der Waals surface area contributed by atoms with Crippen molar-refractivity contribution in [3.05, 3.63) is 29.8 Å². The molecule has 0 atom stereocenters. The molecule has 1 aromatic rings. The predicted molar refractivity (Wildman–Crippen MR) is 89.9 cm³/mol. The largest absolute Gasteiger partial charge is 0.497 e. The molecule has 0 aliphatic rings. The van der Waals surface area contributed by atoms with Crippen LogP contribution in [0, 0.1) is 5.92 Å². The quantitative estimate of drug-likeness (QED) is 0.439. The molecule has 118 valence electrons. The molecule has 1 aromatic carbocycles. The first kappa shape index (κ1) is 17.3. The highest BCUT2D eigenvalue weighted by Crippen LogP contribution is 2.13. The molecular weight excluding hydrogens is 262 g/mol. The van der Waals surface area contributed by atoms with Gasteiger partial charge in [-0.2, -0.15) is 0 Å². The first-order chi connectivity index (χ1) is 10.2. The molecule has 0 bridgehead atoms. The highest BCUT2D eigenvalue weighted by Gasteiger charge is 1.99. The van der Waals surface area contributed by atoms with Crippen molar-refractivity contribution in [1.29, 1.82) is 0 Å². The fourth-order valence-corrected chi connectivity index (χ4v) is 2.00. The number of ether oxygens (including phenoxy) is 1. The van der Waals surface area contributed by atoms with Gasteiger partial charge >= 0.3 is 0 Å². The number of nitrogens with zero attached hydrogens (tertiary/aromatic N) is 1. The molecule has 0 fully saturated rings. The standard InChI is InChI=1S/C17H29N3O/c1-5-18-17(19-11-7-8-14(2)3)20-13-15-9-6-10-16(12-15)21-4/h6,9-10,12,14H,5,7-8,11,13H2,1-4H3,(H2,18,19,20). The van der Waals surface area contributed by atoms with E-state index >= 15 is 0 Å². The van der Waals surface area contributed by atoms with Gasteiger partial charge in [0, 0.05) is 13.1 Å². The van der Waals surface area contributed by atoms with E-state index in [0.717, 1.165) is 36.3 Å². The third kappa shape index (κ3) is 7.59. The second-order valence-corrected chi connectivity index (χ2v) is 5.51. The summed E-state index contributed by atoms with van der Waals surface area (Å²) in [5, 5.41) is 6.66. The lowest BCUT2D eigenvalue weighted by molar-refractivity contribution is 0.414. The van der Waals surface area contributed by atoms with E-state index in [9.17, 15) is 0 Å². The fourth-order valence-electron chi connectivity index (χ4n) is 2.00. The smallest absolute Gasteiger partial charge is 0.191 e. The number of benzene rings is 1. The van der Waals surface area contributed by atoms with Crippen LogP contribution in [0.3, 0.4) is 0 Å². The van der Waals surface area contributed by atoms with E-state index in [1.807, 2.05) is 18.2 Å². The normalized spacial score (nSPS) is 11.6. The summed E-state index contributed by atoms with van der Waals surface area (Å²) < 4.78 is 5.23. The number of hydrogen-bond acceptors (Lipinski definition) is 2. The molecular formula is C17H29N3O. The fraction of sp³-hybridized carbons (Fsp3) is 0.588. The predicted octanol–water partition coefficient (Wildman–Crippen LogP) is 3.19. The minimum absolute atomic E-state index is 0.650. The van der Waals surface area contributed by atoms with Crippen molar-refractivity contribution in [1.82, 2.24) is 10.6 Å². The van der Waals surface area contributed by atoms with Gasteiger partial charge in [-0.05, 0) is 43.4 Å². The molecule has 1 rings (SSSR count). The van der Waals surface area contributed by atoms with Gasteiger partial charge in [0.05, 0.1) is 13.7 Å². The Morgan fingerprint density at radius 2 is 2.10 bits per heavy atom. The molecule has 0 unspecified atom stereocenters. The summed E-state index contributed by atoms with van der Waals surface area (Å²) in [5.74, 6) is 2.50. The van der Waals surface area contributed by atoms with Gasteiger partial charge < -0.3 is 15.4 Å². The van der Waals surface area contributed by atoms with Gasteiger partial charge in [-0.15, -0.1) is 0 Å². The number of hydrogen-bond donors (Lipinski definition) is 2. The van der Waals surface area contributed by atoms with Gasteiger partial charge in [0.1, 0.15) is 5.75 Å². The lowest BCUT2D eigenvalue weighted by Crippen LogP contribution is -2.37. The molecule has 0 saturated heterocycles. The van der Waals surface area contributed by atoms with Crippen LogP contribution in [-0.2, 0) is 6.54 Å². The maximum atomic E-state index is 5.23. The van der Waals surface area contributed by atoms with Crippen molar-refractivity contribution in [3.8, 4) is 5.75 Å². The highest BCUT2D eigenvalue weighted by molar-refractivity contribution is 5.79. The van der Waals surface area contributed by atoms with Crippen LogP contribution >= 0.6 is 0 Å². The van der Waals surface area contributed by atoms with Gasteiger partial charge in [0.25, 0.3) is 0 Å². The van der Waals surface area contributed by atoms with Gasteiger partial charge in [-0.3, -0.25) is 0 Å². The zero-order valence-electron chi connectivity index (χ0n) is 13.8. The van der Waals surface area contributed by atoms with Crippen LogP contribution in [0.2, 0.25) is 0 Å². The van der Waals surface area contributed by atoms with Crippen molar-refractivity contribution in [2.75, 3.05) is 20.2 Å². The average Bonchev–Trinajstić information content (AvgIpc) is 2.49. The zero-order chi connectivity index (χ0) is 15.5. The van der Waals surface area contributed by atoms with Crippen molar-refractivity contribution < 1.29 is 4.74 Å². The van der Waals surface area contributed by atoms with Crippen molar-refractivity contribution in [2.45, 2.75) is 40.2 Å². The summed E-state index contributed by atoms with van der Waals surface area (Å²) in [7, 11) is 1.68. The van der Waals surface area contributed by atoms with E-state index in [1.54, 1.807) is 7.11 Å². The minimum Gasteiger partial charge on any atom is -0.497 e. The van der Waals surface area contributed by atoms with Crippen LogP contribution in [0.1, 0.15) is 39.2 Å². The lowest BCUT2D eigenvalue weighted by Gasteiger charge is -2.12. The third-order valence-corrected chi connectivity index (χ3v) is 3.15. The monoisotopic (exact) mass is 291 g/mol. The van der Waals surface area contributed by atoms with Crippen molar-refractivity contribution in [3.63, 3.8) is 0 Å². The van der Waals surface area contributed by atoms with Gasteiger partial charge in [0.2, 0.25) is 0 Å². The van der Waals surface area contributed by atoms with Crippen LogP contribution in [0.4, 0.5) is 0 Å². The van der Waals surface area contributed by atoms with E-state index in [1.165, 1.54) is 12.8 Å². The number of methoxy groups -OCH3 is 1. The van der Waals surface area contributed by atoms with E-state index in [0.29, 0.717) is 6.54 Å². The van der Waals surface area contributed by atoms with Crippen LogP contribution in [0.5, 0.6) is 5.75 Å². The summed E-state index contributed by atoms with van der Waals surface area (Å²) in [4.78, 5) is 4.61. The molecule has 0 heterocycles. The van der Waals surface area contributed by atoms with E-state index in [2.05, 4.69) is 42.5 Å². The van der Waals surface area contributed by atoms with E-state index in [4.69, 9.17) is 4.74 Å². The molecule has 0 aliphatic carbocycles. The number of aliphatic imine (C=N–C) groups is 1. The molecule has 21 heavy (non-hydrogen) atoms. The summed E-state index contributed by atoms with van der Waals surface area (Å²) >= 11 is 0. The van der Waals surface area contributed by atoms with Crippen LogP contribution in [0.15, 0.2) is 29.3 Å². The zero-order valence-corrected chi connectivity index (χ0v) is 13.8. The summed E-state index contributed by atoms with van der Waals surface area (Å²) in [6, 6.07) is 8.02. The Bertz CT molecular complexity index is 430. The van der Waals surface area contributed by atoms with Crippen molar-refractivity contribution in [2.24, 2.45) is 10.9 Å². The molecule has 0 radical (unpaired) electrons. The van der Waals surface area contributed by atoms with E-state index < -0.39 is 0 Å². The Hall–Kier alpha value is -1.71. The number of nitrogens with one attached hydrogen (secondary N) is 2. The van der Waals surface area contributed by atoms with Gasteiger partial charge in [-0.25, -0.2) is 4.99 Å². The second-order valence-electron chi connectivity index (χ2n) is 5.51. The summed E-state index contributed by atoms with van der Waals surface area (Å²) in [6.07, 6.45) is 2.41. The van der Waals surface area contributed by atoms with Crippen LogP contribution < -0.4 is 15.4 Å². The topological polar surface area (TPSA) is 45.7 Å². The Balaban J connectivity index is 2.50. The van der Waals surface area contributed by atoms with Gasteiger partial charge in [0.15, 0.2) is 5.96 Å². The van der Waals surface area contributed by atoms with Crippen molar-refractivity contribution >= 4 is 5.96 Å². The molecule has 0 amide bonds. The van der Waals surface area contributed by atoms with Crippen LogP contribution in [0.25, 0.3) is 0 Å². The molecule has 2 N–H and O–H groups in total.